The predicted octanol–water partition coefficient (Wildman–Crippen LogP) is 3.09. The number of fused-ring (bicyclic) bond motifs is 1. The van der Waals surface area contributed by atoms with Crippen molar-refractivity contribution in [2.24, 2.45) is 5.41 Å². The molecular formula is C14H18ClN3O. The first-order chi connectivity index (χ1) is 9.13. The van der Waals surface area contributed by atoms with Crippen molar-refractivity contribution >= 4 is 28.6 Å². The number of anilines is 1. The van der Waals surface area contributed by atoms with Crippen molar-refractivity contribution in [3.8, 4) is 0 Å². The molecule has 5 heteroatoms. The maximum Gasteiger partial charge on any atom is 0.201 e. The highest BCUT2D eigenvalue weighted by Gasteiger charge is 2.42. The molecule has 1 fully saturated rings. The van der Waals surface area contributed by atoms with Crippen molar-refractivity contribution in [1.82, 2.24) is 9.55 Å². The lowest BCUT2D eigenvalue weighted by Gasteiger charge is -2.16. The lowest BCUT2D eigenvalue weighted by Crippen LogP contribution is -2.15. The van der Waals surface area contributed by atoms with Crippen molar-refractivity contribution < 1.29 is 4.74 Å². The molecule has 1 aromatic carbocycles. The van der Waals surface area contributed by atoms with E-state index in [1.807, 2.05) is 18.2 Å². The summed E-state index contributed by atoms with van der Waals surface area (Å²) in [6, 6.07) is 5.74. The monoisotopic (exact) mass is 279 g/mol. The number of hydrogen-bond donors (Lipinski definition) is 1. The van der Waals surface area contributed by atoms with E-state index >= 15 is 0 Å². The van der Waals surface area contributed by atoms with Gasteiger partial charge in [0.15, 0.2) is 0 Å². The minimum Gasteiger partial charge on any atom is -0.385 e. The smallest absolute Gasteiger partial charge is 0.201 e. The number of imidazole rings is 1. The zero-order valence-electron chi connectivity index (χ0n) is 11.0. The number of rotatable bonds is 5. The van der Waals surface area contributed by atoms with Crippen LogP contribution in [0.3, 0.4) is 0 Å². The topological polar surface area (TPSA) is 53.1 Å². The van der Waals surface area contributed by atoms with Crippen LogP contribution in [0.15, 0.2) is 18.2 Å². The molecule has 4 nitrogen and oxygen atoms in total. The number of nitrogens with zero attached hydrogens (tertiary/aromatic N) is 2. The van der Waals surface area contributed by atoms with Gasteiger partial charge in [-0.2, -0.15) is 0 Å². The van der Waals surface area contributed by atoms with Gasteiger partial charge in [-0.25, -0.2) is 4.98 Å². The number of hydrogen-bond acceptors (Lipinski definition) is 3. The highest BCUT2D eigenvalue weighted by molar-refractivity contribution is 6.31. The fraction of sp³-hybridized carbons (Fsp3) is 0.500. The normalized spacial score (nSPS) is 16.9. The molecular weight excluding hydrogens is 262 g/mol. The van der Waals surface area contributed by atoms with Crippen LogP contribution in [-0.2, 0) is 11.3 Å². The molecule has 0 spiro atoms. The van der Waals surface area contributed by atoms with Crippen molar-refractivity contribution in [2.45, 2.75) is 25.8 Å². The van der Waals surface area contributed by atoms with Crippen LogP contribution in [0.5, 0.6) is 0 Å². The first-order valence-corrected chi connectivity index (χ1v) is 6.92. The maximum atomic E-state index is 6.04. The molecule has 19 heavy (non-hydrogen) atoms. The molecule has 0 bridgehead atoms. The molecule has 0 atom stereocenters. The second-order valence-electron chi connectivity index (χ2n) is 5.43. The molecule has 1 aromatic heterocycles. The summed E-state index contributed by atoms with van der Waals surface area (Å²) in [5.41, 5.74) is 8.32. The third-order valence-electron chi connectivity index (χ3n) is 4.03. The fourth-order valence-electron chi connectivity index (χ4n) is 2.61. The largest absolute Gasteiger partial charge is 0.385 e. The van der Waals surface area contributed by atoms with Gasteiger partial charge in [0.05, 0.1) is 11.0 Å². The van der Waals surface area contributed by atoms with E-state index in [2.05, 4.69) is 9.55 Å². The van der Waals surface area contributed by atoms with E-state index in [-0.39, 0.29) is 0 Å². The summed E-state index contributed by atoms with van der Waals surface area (Å²) in [5, 5.41) is 0.692. The van der Waals surface area contributed by atoms with Crippen LogP contribution < -0.4 is 5.73 Å². The number of halogens is 1. The van der Waals surface area contributed by atoms with Gasteiger partial charge in [0.1, 0.15) is 0 Å². The van der Waals surface area contributed by atoms with Crippen LogP contribution in [0, 0.1) is 5.41 Å². The summed E-state index contributed by atoms with van der Waals surface area (Å²) in [6.45, 7) is 1.72. The molecule has 2 aromatic rings. The van der Waals surface area contributed by atoms with E-state index in [1.165, 1.54) is 12.8 Å². The lowest BCUT2D eigenvalue weighted by atomic mass is 10.0. The van der Waals surface area contributed by atoms with E-state index in [4.69, 9.17) is 22.1 Å². The van der Waals surface area contributed by atoms with E-state index in [1.54, 1.807) is 7.11 Å². The molecule has 3 rings (SSSR count). The third-order valence-corrected chi connectivity index (χ3v) is 4.26. The molecule has 102 valence electrons. The Hall–Kier alpha value is -1.26. The van der Waals surface area contributed by atoms with E-state index in [0.717, 1.165) is 30.6 Å². The average Bonchev–Trinajstić information content (AvgIpc) is 3.08. The van der Waals surface area contributed by atoms with Gasteiger partial charge < -0.3 is 15.0 Å². The van der Waals surface area contributed by atoms with E-state index < -0.39 is 0 Å². The van der Waals surface area contributed by atoms with E-state index in [0.29, 0.717) is 16.4 Å². The molecule has 0 aliphatic heterocycles. The second-order valence-corrected chi connectivity index (χ2v) is 5.87. The Bertz CT molecular complexity index is 604. The number of nitrogens with two attached hydrogens (primary N) is 1. The first kappa shape index (κ1) is 12.8. The molecule has 0 saturated heterocycles. The Labute approximate surface area is 117 Å². The average molecular weight is 280 g/mol. The summed E-state index contributed by atoms with van der Waals surface area (Å²) in [4.78, 5) is 4.39. The molecule has 1 saturated carbocycles. The molecule has 0 amide bonds. The molecule has 0 unspecified atom stereocenters. The van der Waals surface area contributed by atoms with Crippen molar-refractivity contribution in [1.29, 1.82) is 0 Å². The number of ether oxygens (including phenoxy) is 1. The summed E-state index contributed by atoms with van der Waals surface area (Å²) >= 11 is 5.99. The van der Waals surface area contributed by atoms with Gasteiger partial charge in [-0.3, -0.25) is 0 Å². The Morgan fingerprint density at radius 3 is 2.95 bits per heavy atom. The zero-order chi connectivity index (χ0) is 13.5. The Balaban J connectivity index is 1.90. The van der Waals surface area contributed by atoms with Gasteiger partial charge in [0, 0.05) is 25.3 Å². The SMILES string of the molecule is COCCC1(Cn2c(N)nc3cc(Cl)ccc32)CC1. The maximum absolute atomic E-state index is 6.04. The molecule has 1 aliphatic carbocycles. The first-order valence-electron chi connectivity index (χ1n) is 6.54. The summed E-state index contributed by atoms with van der Waals surface area (Å²) in [6.07, 6.45) is 3.56. The van der Waals surface area contributed by atoms with Gasteiger partial charge in [-0.1, -0.05) is 11.6 Å². The van der Waals surface area contributed by atoms with Gasteiger partial charge in [0.2, 0.25) is 5.95 Å². The summed E-state index contributed by atoms with van der Waals surface area (Å²) < 4.78 is 7.30. The second kappa shape index (κ2) is 4.69. The quantitative estimate of drug-likeness (QED) is 0.915. The zero-order valence-corrected chi connectivity index (χ0v) is 11.8. The van der Waals surface area contributed by atoms with Crippen molar-refractivity contribution in [3.63, 3.8) is 0 Å². The van der Waals surface area contributed by atoms with Gasteiger partial charge in [0.25, 0.3) is 0 Å². The van der Waals surface area contributed by atoms with Crippen molar-refractivity contribution in [3.05, 3.63) is 23.2 Å². The number of benzene rings is 1. The van der Waals surface area contributed by atoms with Crippen LogP contribution in [0.2, 0.25) is 5.02 Å². The van der Waals surface area contributed by atoms with Gasteiger partial charge in [-0.05, 0) is 42.9 Å². The fourth-order valence-corrected chi connectivity index (χ4v) is 2.77. The van der Waals surface area contributed by atoms with Crippen LogP contribution in [0.1, 0.15) is 19.3 Å². The minimum absolute atomic E-state index is 0.345. The Kier molecular flexibility index (Phi) is 3.15. The number of methoxy groups -OCH3 is 1. The Morgan fingerprint density at radius 1 is 1.47 bits per heavy atom. The van der Waals surface area contributed by atoms with Gasteiger partial charge >= 0.3 is 0 Å². The van der Waals surface area contributed by atoms with Gasteiger partial charge in [-0.15, -0.1) is 0 Å². The van der Waals surface area contributed by atoms with Crippen LogP contribution in [0.4, 0.5) is 5.95 Å². The summed E-state index contributed by atoms with van der Waals surface area (Å²) in [7, 11) is 1.75. The lowest BCUT2D eigenvalue weighted by molar-refractivity contribution is 0.167. The molecule has 2 N–H and O–H groups in total. The van der Waals surface area contributed by atoms with Crippen LogP contribution in [0.25, 0.3) is 11.0 Å². The number of aromatic nitrogens is 2. The highest BCUT2D eigenvalue weighted by atomic mass is 35.5. The van der Waals surface area contributed by atoms with Crippen LogP contribution in [-0.4, -0.2) is 23.3 Å². The van der Waals surface area contributed by atoms with Crippen molar-refractivity contribution in [2.75, 3.05) is 19.5 Å². The minimum atomic E-state index is 0.345. The molecule has 1 aliphatic rings. The number of nitrogen functional groups attached to an aromatic ring is 1. The molecule has 0 radical (unpaired) electrons. The standard InChI is InChI=1S/C14H18ClN3O/c1-19-7-6-14(4-5-14)9-18-12-3-2-10(15)8-11(12)17-13(18)16/h2-3,8H,4-7,9H2,1H3,(H2,16,17). The molecule has 1 heterocycles. The highest BCUT2D eigenvalue weighted by Crippen LogP contribution is 2.50. The third kappa shape index (κ3) is 2.42. The van der Waals surface area contributed by atoms with E-state index in [9.17, 15) is 0 Å². The summed E-state index contributed by atoms with van der Waals surface area (Å²) in [5.74, 6) is 0.570. The Morgan fingerprint density at radius 2 is 2.26 bits per heavy atom. The predicted molar refractivity (Wildman–Crippen MR) is 77.3 cm³/mol. The van der Waals surface area contributed by atoms with Crippen LogP contribution >= 0.6 is 11.6 Å².